The van der Waals surface area contributed by atoms with Gasteiger partial charge in [0, 0.05) is 30.4 Å². The van der Waals surface area contributed by atoms with E-state index in [9.17, 15) is 8.42 Å². The molecule has 3 aromatic rings. The SMILES string of the molecule is COc1cc(Cc2cnc(N)nc2N)ccc1OCCNS(=O)(=O)c1ccc(N)cc1. The van der Waals surface area contributed by atoms with E-state index in [2.05, 4.69) is 14.7 Å². The van der Waals surface area contributed by atoms with Crippen LogP contribution in [0.1, 0.15) is 11.1 Å². The molecule has 0 aliphatic heterocycles. The number of rotatable bonds is 9. The van der Waals surface area contributed by atoms with Crippen LogP contribution >= 0.6 is 0 Å². The summed E-state index contributed by atoms with van der Waals surface area (Å²) in [6, 6.07) is 11.4. The van der Waals surface area contributed by atoms with Crippen molar-refractivity contribution < 1.29 is 17.9 Å². The van der Waals surface area contributed by atoms with E-state index in [1.165, 1.54) is 31.4 Å². The normalized spacial score (nSPS) is 11.3. The summed E-state index contributed by atoms with van der Waals surface area (Å²) in [6.45, 7) is 0.194. The number of benzene rings is 2. The highest BCUT2D eigenvalue weighted by atomic mass is 32.2. The van der Waals surface area contributed by atoms with Gasteiger partial charge in [0.05, 0.1) is 12.0 Å². The Morgan fingerprint density at radius 1 is 1.03 bits per heavy atom. The van der Waals surface area contributed by atoms with Crippen LogP contribution in [0.4, 0.5) is 17.5 Å². The van der Waals surface area contributed by atoms with Crippen molar-refractivity contribution in [3.05, 3.63) is 59.8 Å². The van der Waals surface area contributed by atoms with Crippen molar-refractivity contribution >= 4 is 27.5 Å². The van der Waals surface area contributed by atoms with Crippen LogP contribution in [0, 0.1) is 0 Å². The Balaban J connectivity index is 1.59. The molecule has 1 heterocycles. The molecule has 11 heteroatoms. The number of nitrogens with zero attached hydrogens (tertiary/aromatic N) is 2. The van der Waals surface area contributed by atoms with Crippen LogP contribution in [0.15, 0.2) is 53.6 Å². The molecule has 0 atom stereocenters. The second kappa shape index (κ2) is 9.49. The lowest BCUT2D eigenvalue weighted by Gasteiger charge is -2.13. The number of nitrogens with one attached hydrogen (secondary N) is 1. The number of anilines is 3. The van der Waals surface area contributed by atoms with Crippen LogP contribution in [-0.2, 0) is 16.4 Å². The first-order chi connectivity index (χ1) is 14.8. The van der Waals surface area contributed by atoms with Crippen molar-refractivity contribution in [2.75, 3.05) is 37.5 Å². The fourth-order valence-corrected chi connectivity index (χ4v) is 3.81. The number of nitrogen functional groups attached to an aromatic ring is 3. The zero-order valence-corrected chi connectivity index (χ0v) is 17.7. The molecule has 1 aromatic heterocycles. The minimum atomic E-state index is -3.65. The van der Waals surface area contributed by atoms with Gasteiger partial charge in [-0.1, -0.05) is 6.07 Å². The summed E-state index contributed by atoms with van der Waals surface area (Å²) < 4.78 is 38.1. The highest BCUT2D eigenvalue weighted by Gasteiger charge is 2.14. The summed E-state index contributed by atoms with van der Waals surface area (Å²) in [5.74, 6) is 1.43. The third-order valence-electron chi connectivity index (χ3n) is 4.38. The van der Waals surface area contributed by atoms with E-state index in [-0.39, 0.29) is 24.0 Å². The van der Waals surface area contributed by atoms with Gasteiger partial charge in [-0.2, -0.15) is 4.98 Å². The van der Waals surface area contributed by atoms with Crippen molar-refractivity contribution in [2.24, 2.45) is 0 Å². The number of hydrogen-bond acceptors (Lipinski definition) is 9. The van der Waals surface area contributed by atoms with E-state index in [4.69, 9.17) is 26.7 Å². The van der Waals surface area contributed by atoms with E-state index < -0.39 is 10.0 Å². The fraction of sp³-hybridized carbons (Fsp3) is 0.200. The molecule has 164 valence electrons. The van der Waals surface area contributed by atoms with E-state index in [0.717, 1.165) is 11.1 Å². The number of hydrogen-bond donors (Lipinski definition) is 4. The topological polar surface area (TPSA) is 168 Å². The monoisotopic (exact) mass is 444 g/mol. The summed E-state index contributed by atoms with van der Waals surface area (Å²) in [5.41, 5.74) is 19.1. The van der Waals surface area contributed by atoms with Gasteiger partial charge < -0.3 is 26.7 Å². The second-order valence-electron chi connectivity index (χ2n) is 6.62. The van der Waals surface area contributed by atoms with Gasteiger partial charge in [0.25, 0.3) is 0 Å². The van der Waals surface area contributed by atoms with E-state index in [0.29, 0.717) is 29.4 Å². The van der Waals surface area contributed by atoms with Gasteiger partial charge in [-0.05, 0) is 42.0 Å². The van der Waals surface area contributed by atoms with Gasteiger partial charge in [0.1, 0.15) is 12.4 Å². The molecule has 0 aliphatic carbocycles. The lowest BCUT2D eigenvalue weighted by Crippen LogP contribution is -2.28. The molecular weight excluding hydrogens is 420 g/mol. The van der Waals surface area contributed by atoms with Gasteiger partial charge in [-0.25, -0.2) is 18.1 Å². The molecule has 0 unspecified atom stereocenters. The molecule has 0 amide bonds. The molecule has 0 saturated heterocycles. The Morgan fingerprint density at radius 2 is 1.77 bits per heavy atom. The quantitative estimate of drug-likeness (QED) is 0.280. The molecule has 0 spiro atoms. The predicted molar refractivity (Wildman–Crippen MR) is 118 cm³/mol. The van der Waals surface area contributed by atoms with Crippen molar-refractivity contribution in [1.82, 2.24) is 14.7 Å². The summed E-state index contributed by atoms with van der Waals surface area (Å²) in [6.07, 6.45) is 2.08. The Kier molecular flexibility index (Phi) is 6.78. The van der Waals surface area contributed by atoms with E-state index in [1.54, 1.807) is 12.3 Å². The van der Waals surface area contributed by atoms with Crippen LogP contribution in [-0.4, -0.2) is 38.6 Å². The Bertz CT molecular complexity index is 1150. The Morgan fingerprint density at radius 3 is 2.45 bits per heavy atom. The molecule has 3 rings (SSSR count). The summed E-state index contributed by atoms with van der Waals surface area (Å²) in [4.78, 5) is 8.05. The highest BCUT2D eigenvalue weighted by molar-refractivity contribution is 7.89. The molecule has 0 saturated carbocycles. The summed E-state index contributed by atoms with van der Waals surface area (Å²) in [7, 11) is -2.12. The average Bonchev–Trinajstić information content (AvgIpc) is 2.74. The summed E-state index contributed by atoms with van der Waals surface area (Å²) in [5, 5.41) is 0. The van der Waals surface area contributed by atoms with Gasteiger partial charge >= 0.3 is 0 Å². The van der Waals surface area contributed by atoms with Crippen LogP contribution in [0.5, 0.6) is 11.5 Å². The van der Waals surface area contributed by atoms with Gasteiger partial charge in [0.2, 0.25) is 16.0 Å². The molecule has 0 aliphatic rings. The Hall–Kier alpha value is -3.57. The van der Waals surface area contributed by atoms with Gasteiger partial charge in [-0.15, -0.1) is 0 Å². The largest absolute Gasteiger partial charge is 0.493 e. The van der Waals surface area contributed by atoms with Gasteiger partial charge in [0.15, 0.2) is 11.5 Å². The minimum Gasteiger partial charge on any atom is -0.493 e. The maximum atomic E-state index is 12.3. The minimum absolute atomic E-state index is 0.0803. The number of ether oxygens (including phenoxy) is 2. The van der Waals surface area contributed by atoms with Crippen LogP contribution in [0.3, 0.4) is 0 Å². The van der Waals surface area contributed by atoms with Crippen LogP contribution < -0.4 is 31.4 Å². The van der Waals surface area contributed by atoms with Crippen molar-refractivity contribution in [1.29, 1.82) is 0 Å². The van der Waals surface area contributed by atoms with E-state index in [1.807, 2.05) is 12.1 Å². The van der Waals surface area contributed by atoms with Crippen molar-refractivity contribution in [3.8, 4) is 11.5 Å². The van der Waals surface area contributed by atoms with Crippen molar-refractivity contribution in [3.63, 3.8) is 0 Å². The number of sulfonamides is 1. The zero-order valence-electron chi connectivity index (χ0n) is 16.9. The average molecular weight is 445 g/mol. The van der Waals surface area contributed by atoms with Crippen LogP contribution in [0.25, 0.3) is 0 Å². The molecule has 7 N–H and O–H groups in total. The molecule has 0 bridgehead atoms. The number of nitrogens with two attached hydrogens (primary N) is 3. The first-order valence-corrected chi connectivity index (χ1v) is 10.8. The molecule has 10 nitrogen and oxygen atoms in total. The predicted octanol–water partition coefficient (Wildman–Crippen LogP) is 1.18. The number of methoxy groups -OCH3 is 1. The maximum absolute atomic E-state index is 12.3. The standard InChI is InChI=1S/C20H24N6O4S/c1-29-18-11-13(10-14-12-24-20(23)26-19(14)22)2-7-17(18)30-9-8-25-31(27,28)16-5-3-15(21)4-6-16/h2-7,11-12,25H,8-10,21H2,1H3,(H4,22,23,24,26). The van der Waals surface area contributed by atoms with E-state index >= 15 is 0 Å². The fourth-order valence-electron chi connectivity index (χ4n) is 2.80. The molecular formula is C20H24N6O4S. The highest BCUT2D eigenvalue weighted by Crippen LogP contribution is 2.29. The molecule has 2 aromatic carbocycles. The van der Waals surface area contributed by atoms with Crippen LogP contribution in [0.2, 0.25) is 0 Å². The second-order valence-corrected chi connectivity index (χ2v) is 8.38. The van der Waals surface area contributed by atoms with Gasteiger partial charge in [-0.3, -0.25) is 0 Å². The van der Waals surface area contributed by atoms with Crippen molar-refractivity contribution in [2.45, 2.75) is 11.3 Å². The lowest BCUT2D eigenvalue weighted by atomic mass is 10.1. The summed E-state index contributed by atoms with van der Waals surface area (Å²) >= 11 is 0. The first-order valence-electron chi connectivity index (χ1n) is 9.30. The third kappa shape index (κ3) is 5.74. The lowest BCUT2D eigenvalue weighted by molar-refractivity contribution is 0.298. The molecule has 31 heavy (non-hydrogen) atoms. The zero-order chi connectivity index (χ0) is 22.4. The third-order valence-corrected chi connectivity index (χ3v) is 5.86. The Labute approximate surface area is 180 Å². The smallest absolute Gasteiger partial charge is 0.240 e. The molecule has 0 radical (unpaired) electrons. The molecule has 0 fully saturated rings. The number of aromatic nitrogens is 2. The first kappa shape index (κ1) is 22.1. The maximum Gasteiger partial charge on any atom is 0.240 e.